The van der Waals surface area contributed by atoms with Crippen LogP contribution in [0.4, 0.5) is 0 Å². The summed E-state index contributed by atoms with van der Waals surface area (Å²) in [5.74, 6) is 1.45. The number of hydrogen-bond donors (Lipinski definition) is 1. The molecule has 0 aromatic heterocycles. The van der Waals surface area contributed by atoms with Gasteiger partial charge >= 0.3 is 0 Å². The molecule has 0 heterocycles. The summed E-state index contributed by atoms with van der Waals surface area (Å²) in [6, 6.07) is 0. The fourth-order valence-corrected chi connectivity index (χ4v) is 2.70. The zero-order chi connectivity index (χ0) is 10.8. The molecule has 1 aliphatic carbocycles. The Morgan fingerprint density at radius 3 is 2.00 bits per heavy atom. The van der Waals surface area contributed by atoms with E-state index in [9.17, 15) is 5.11 Å². The van der Waals surface area contributed by atoms with Crippen molar-refractivity contribution in [2.24, 2.45) is 17.3 Å². The van der Waals surface area contributed by atoms with Gasteiger partial charge in [0.15, 0.2) is 0 Å². The average Bonchev–Trinajstić information content (AvgIpc) is 2.15. The van der Waals surface area contributed by atoms with E-state index in [4.69, 9.17) is 0 Å². The van der Waals surface area contributed by atoms with Crippen LogP contribution in [-0.4, -0.2) is 11.2 Å². The van der Waals surface area contributed by atoms with Gasteiger partial charge in [0.2, 0.25) is 0 Å². The fraction of sp³-hybridized carbons (Fsp3) is 1.00. The predicted octanol–water partition coefficient (Wildman–Crippen LogP) is 3.61. The molecule has 1 nitrogen and oxygen atoms in total. The van der Waals surface area contributed by atoms with Crippen LogP contribution in [0.1, 0.15) is 59.8 Å². The van der Waals surface area contributed by atoms with Gasteiger partial charge in [0.1, 0.15) is 0 Å². The molecule has 0 aromatic rings. The Morgan fingerprint density at radius 1 is 1.14 bits per heavy atom. The number of rotatable bonds is 2. The van der Waals surface area contributed by atoms with Crippen molar-refractivity contribution in [1.29, 1.82) is 0 Å². The topological polar surface area (TPSA) is 20.2 Å². The maximum absolute atomic E-state index is 9.77. The van der Waals surface area contributed by atoms with Gasteiger partial charge in [0, 0.05) is 0 Å². The molecule has 1 N–H and O–H groups in total. The van der Waals surface area contributed by atoms with Gasteiger partial charge in [0.25, 0.3) is 0 Å². The molecule has 0 aromatic carbocycles. The third-order valence-electron chi connectivity index (χ3n) is 3.96. The molecule has 0 amide bonds. The maximum atomic E-state index is 9.77. The summed E-state index contributed by atoms with van der Waals surface area (Å²) < 4.78 is 0. The first-order valence-corrected chi connectivity index (χ1v) is 6.13. The molecule has 1 aliphatic rings. The highest BCUT2D eigenvalue weighted by atomic mass is 16.3. The van der Waals surface area contributed by atoms with Gasteiger partial charge in [-0.25, -0.2) is 0 Å². The second-order valence-electron chi connectivity index (χ2n) is 5.95. The van der Waals surface area contributed by atoms with Crippen LogP contribution < -0.4 is 0 Å². The van der Waals surface area contributed by atoms with Crippen LogP contribution >= 0.6 is 0 Å². The molecular weight excluding hydrogens is 172 g/mol. The lowest BCUT2D eigenvalue weighted by atomic mass is 9.69. The first-order chi connectivity index (χ1) is 6.45. The maximum Gasteiger partial charge on any atom is 0.0565 e. The van der Waals surface area contributed by atoms with E-state index in [2.05, 4.69) is 27.7 Å². The molecular formula is C13H26O. The van der Waals surface area contributed by atoms with Gasteiger partial charge in [-0.1, -0.05) is 27.7 Å². The Balaban J connectivity index is 2.39. The second-order valence-corrected chi connectivity index (χ2v) is 5.95. The molecule has 0 radical (unpaired) electrons. The lowest BCUT2D eigenvalue weighted by Crippen LogP contribution is -2.30. The van der Waals surface area contributed by atoms with Crippen LogP contribution in [0.15, 0.2) is 0 Å². The molecule has 0 spiro atoms. The highest BCUT2D eigenvalue weighted by Crippen LogP contribution is 2.40. The van der Waals surface area contributed by atoms with Gasteiger partial charge in [0.05, 0.1) is 6.10 Å². The normalized spacial score (nSPS) is 31.5. The van der Waals surface area contributed by atoms with Gasteiger partial charge in [-0.05, 0) is 49.4 Å². The third kappa shape index (κ3) is 2.98. The molecule has 1 atom stereocenters. The van der Waals surface area contributed by atoms with E-state index in [0.717, 1.165) is 12.3 Å². The first kappa shape index (κ1) is 12.0. The van der Waals surface area contributed by atoms with E-state index in [1.165, 1.54) is 25.7 Å². The second kappa shape index (κ2) is 4.65. The number of aliphatic hydroxyl groups excluding tert-OH is 1. The lowest BCUT2D eigenvalue weighted by Gasteiger charge is -2.38. The Labute approximate surface area is 88.9 Å². The summed E-state index contributed by atoms with van der Waals surface area (Å²) >= 11 is 0. The largest absolute Gasteiger partial charge is 0.393 e. The summed E-state index contributed by atoms with van der Waals surface area (Å²) in [5, 5.41) is 9.77. The lowest BCUT2D eigenvalue weighted by molar-refractivity contribution is 0.0512. The van der Waals surface area contributed by atoms with Crippen LogP contribution in [0, 0.1) is 17.3 Å². The first-order valence-electron chi connectivity index (χ1n) is 6.13. The minimum atomic E-state index is -0.0454. The quantitative estimate of drug-likeness (QED) is 0.718. The molecule has 0 bridgehead atoms. The van der Waals surface area contributed by atoms with E-state index < -0.39 is 0 Å². The Morgan fingerprint density at radius 2 is 1.64 bits per heavy atom. The summed E-state index contributed by atoms with van der Waals surface area (Å²) in [5.41, 5.74) is 0.460. The van der Waals surface area contributed by atoms with E-state index in [1.54, 1.807) is 0 Å². The predicted molar refractivity (Wildman–Crippen MR) is 61.2 cm³/mol. The van der Waals surface area contributed by atoms with Crippen LogP contribution in [0.3, 0.4) is 0 Å². The van der Waals surface area contributed by atoms with E-state index in [0.29, 0.717) is 11.3 Å². The van der Waals surface area contributed by atoms with Crippen LogP contribution in [0.5, 0.6) is 0 Å². The Bertz CT molecular complexity index is 161. The van der Waals surface area contributed by atoms with Crippen molar-refractivity contribution >= 4 is 0 Å². The zero-order valence-electron chi connectivity index (χ0n) is 10.2. The van der Waals surface area contributed by atoms with E-state index in [-0.39, 0.29) is 6.10 Å². The smallest absolute Gasteiger partial charge is 0.0565 e. The number of hydrogen-bond acceptors (Lipinski definition) is 1. The van der Waals surface area contributed by atoms with Crippen molar-refractivity contribution in [3.05, 3.63) is 0 Å². The molecule has 1 saturated carbocycles. The number of aliphatic hydroxyl groups is 1. The van der Waals surface area contributed by atoms with Crippen molar-refractivity contribution in [1.82, 2.24) is 0 Å². The molecule has 1 heteroatoms. The molecule has 1 fully saturated rings. The van der Waals surface area contributed by atoms with Crippen LogP contribution in [0.25, 0.3) is 0 Å². The van der Waals surface area contributed by atoms with Crippen LogP contribution in [-0.2, 0) is 0 Å². The van der Waals surface area contributed by atoms with Crippen molar-refractivity contribution < 1.29 is 5.11 Å². The highest BCUT2D eigenvalue weighted by molar-refractivity contribution is 4.82. The molecule has 14 heavy (non-hydrogen) atoms. The minimum absolute atomic E-state index is 0.0454. The average molecular weight is 198 g/mol. The summed E-state index contributed by atoms with van der Waals surface area (Å²) in [6.07, 6.45) is 5.96. The fourth-order valence-electron chi connectivity index (χ4n) is 2.70. The summed E-state index contributed by atoms with van der Waals surface area (Å²) in [6.45, 7) is 9.11. The highest BCUT2D eigenvalue weighted by Gasteiger charge is 2.31. The molecule has 0 aliphatic heterocycles. The van der Waals surface area contributed by atoms with E-state index in [1.807, 2.05) is 0 Å². The Kier molecular flexibility index (Phi) is 4.00. The molecule has 1 rings (SSSR count). The molecule has 0 saturated heterocycles. The SMILES string of the molecule is CC[C@@H](O)C1CCC(C(C)(C)C)CC1. The summed E-state index contributed by atoms with van der Waals surface area (Å²) in [7, 11) is 0. The van der Waals surface area contributed by atoms with E-state index >= 15 is 0 Å². The van der Waals surface area contributed by atoms with Crippen molar-refractivity contribution in [2.75, 3.05) is 0 Å². The standard InChI is InChI=1S/C13H26O/c1-5-12(14)10-6-8-11(9-7-10)13(2,3)4/h10-12,14H,5-9H2,1-4H3/t10?,11?,12-/m1/s1. The van der Waals surface area contributed by atoms with Crippen LogP contribution in [0.2, 0.25) is 0 Å². The van der Waals surface area contributed by atoms with Gasteiger partial charge in [-0.3, -0.25) is 0 Å². The monoisotopic (exact) mass is 198 g/mol. The van der Waals surface area contributed by atoms with Crippen molar-refractivity contribution in [3.8, 4) is 0 Å². The zero-order valence-corrected chi connectivity index (χ0v) is 10.2. The van der Waals surface area contributed by atoms with Crippen molar-refractivity contribution in [2.45, 2.75) is 65.9 Å². The molecule has 0 unspecified atom stereocenters. The summed E-state index contributed by atoms with van der Waals surface area (Å²) in [4.78, 5) is 0. The third-order valence-corrected chi connectivity index (χ3v) is 3.96. The van der Waals surface area contributed by atoms with Gasteiger partial charge in [-0.15, -0.1) is 0 Å². The van der Waals surface area contributed by atoms with Crippen molar-refractivity contribution in [3.63, 3.8) is 0 Å². The molecule has 84 valence electrons. The Hall–Kier alpha value is -0.0400. The van der Waals surface area contributed by atoms with Gasteiger partial charge in [-0.2, -0.15) is 0 Å². The minimum Gasteiger partial charge on any atom is -0.393 e. The van der Waals surface area contributed by atoms with Gasteiger partial charge < -0.3 is 5.11 Å².